The molecule has 0 aromatic carbocycles. The lowest BCUT2D eigenvalue weighted by molar-refractivity contribution is 0.160. The van der Waals surface area contributed by atoms with Gasteiger partial charge in [-0.2, -0.15) is 0 Å². The third-order valence-electron chi connectivity index (χ3n) is 0.548. The van der Waals surface area contributed by atoms with Crippen LogP contribution in [0.4, 0.5) is 0 Å². The molecule has 0 heterocycles. The van der Waals surface area contributed by atoms with E-state index < -0.39 is 0 Å². The molecule has 2 heteroatoms. The van der Waals surface area contributed by atoms with Gasteiger partial charge in [-0.1, -0.05) is 6.92 Å². The lowest BCUT2D eigenvalue weighted by Gasteiger charge is -1.94. The van der Waals surface area contributed by atoms with Crippen LogP contribution in [0.2, 0.25) is 0 Å². The highest BCUT2D eigenvalue weighted by atomic mass is 35.5. The molecule has 0 amide bonds. The maximum atomic E-state index is 9.78. The number of alkyl halides is 1. The van der Waals surface area contributed by atoms with Gasteiger partial charge in [-0.25, -0.2) is 5.11 Å². The van der Waals surface area contributed by atoms with Crippen LogP contribution in [-0.4, -0.2) is 12.5 Å². The monoisotopic (exact) mass is 107 g/mol. The van der Waals surface area contributed by atoms with Crippen LogP contribution >= 0.6 is 11.6 Å². The van der Waals surface area contributed by atoms with Crippen molar-refractivity contribution in [2.45, 2.75) is 6.92 Å². The van der Waals surface area contributed by atoms with Gasteiger partial charge in [0.25, 0.3) is 0 Å². The molecule has 0 aliphatic heterocycles. The van der Waals surface area contributed by atoms with Crippen molar-refractivity contribution in [2.75, 3.05) is 12.5 Å². The Morgan fingerprint density at radius 2 is 2.33 bits per heavy atom. The smallest absolute Gasteiger partial charge is 0.0859 e. The van der Waals surface area contributed by atoms with Crippen molar-refractivity contribution in [3.05, 3.63) is 0 Å². The SMILES string of the molecule is CC(C[O])CCl. The topological polar surface area (TPSA) is 19.9 Å². The summed E-state index contributed by atoms with van der Waals surface area (Å²) in [6.07, 6.45) is 0. The van der Waals surface area contributed by atoms with Gasteiger partial charge in [-0.15, -0.1) is 11.6 Å². The van der Waals surface area contributed by atoms with Crippen LogP contribution in [0.5, 0.6) is 0 Å². The van der Waals surface area contributed by atoms with Gasteiger partial charge in [0.15, 0.2) is 0 Å². The molecule has 1 nitrogen and oxygen atoms in total. The molecule has 37 valence electrons. The van der Waals surface area contributed by atoms with Crippen LogP contribution in [-0.2, 0) is 5.11 Å². The van der Waals surface area contributed by atoms with Crippen LogP contribution in [0, 0.1) is 5.92 Å². The van der Waals surface area contributed by atoms with E-state index in [1.165, 1.54) is 0 Å². The maximum Gasteiger partial charge on any atom is 0.0859 e. The van der Waals surface area contributed by atoms with E-state index in [2.05, 4.69) is 0 Å². The normalized spacial score (nSPS) is 14.5. The fraction of sp³-hybridized carbons (Fsp3) is 1.00. The van der Waals surface area contributed by atoms with Gasteiger partial charge in [0.2, 0.25) is 0 Å². The van der Waals surface area contributed by atoms with Gasteiger partial charge in [0.1, 0.15) is 0 Å². The Bertz CT molecular complexity index is 26.7. The Labute approximate surface area is 42.9 Å². The Balaban J connectivity index is 2.75. The van der Waals surface area contributed by atoms with Crippen LogP contribution in [0.1, 0.15) is 6.92 Å². The quantitative estimate of drug-likeness (QED) is 0.474. The first-order valence-electron chi connectivity index (χ1n) is 1.95. The highest BCUT2D eigenvalue weighted by molar-refractivity contribution is 6.18. The van der Waals surface area contributed by atoms with Crippen molar-refractivity contribution in [3.8, 4) is 0 Å². The largest absolute Gasteiger partial charge is 0.236 e. The lowest BCUT2D eigenvalue weighted by atomic mass is 10.2. The molecule has 6 heavy (non-hydrogen) atoms. The molecule has 0 aliphatic carbocycles. The summed E-state index contributed by atoms with van der Waals surface area (Å²) in [7, 11) is 0. The van der Waals surface area contributed by atoms with E-state index in [-0.39, 0.29) is 12.5 Å². The van der Waals surface area contributed by atoms with Crippen LogP contribution in [0.15, 0.2) is 0 Å². The van der Waals surface area contributed by atoms with Gasteiger partial charge in [0, 0.05) is 5.88 Å². The molecule has 0 fully saturated rings. The molecule has 1 radical (unpaired) electrons. The third-order valence-corrected chi connectivity index (χ3v) is 1.07. The van der Waals surface area contributed by atoms with Crippen LogP contribution in [0.3, 0.4) is 0 Å². The van der Waals surface area contributed by atoms with Crippen molar-refractivity contribution in [1.82, 2.24) is 0 Å². The number of hydrogen-bond acceptors (Lipinski definition) is 0. The van der Waals surface area contributed by atoms with Crippen molar-refractivity contribution in [3.63, 3.8) is 0 Å². The summed E-state index contributed by atoms with van der Waals surface area (Å²) >= 11 is 5.25. The zero-order valence-corrected chi connectivity index (χ0v) is 4.53. The molecule has 0 saturated heterocycles. The summed E-state index contributed by atoms with van der Waals surface area (Å²) in [5.41, 5.74) is 0. The summed E-state index contributed by atoms with van der Waals surface area (Å²) in [6, 6.07) is 0. The average Bonchev–Trinajstić information content (AvgIpc) is 1.65. The first kappa shape index (κ1) is 6.25. The van der Waals surface area contributed by atoms with Crippen molar-refractivity contribution >= 4 is 11.6 Å². The molecule has 1 unspecified atom stereocenters. The Morgan fingerprint density at radius 3 is 2.33 bits per heavy atom. The highest BCUT2D eigenvalue weighted by Crippen LogP contribution is 1.93. The first-order chi connectivity index (χ1) is 2.81. The van der Waals surface area contributed by atoms with E-state index in [1.807, 2.05) is 6.92 Å². The lowest BCUT2D eigenvalue weighted by Crippen LogP contribution is -1.98. The van der Waals surface area contributed by atoms with E-state index in [4.69, 9.17) is 11.6 Å². The minimum atomic E-state index is -0.0521. The molecular weight excluding hydrogens is 99.5 g/mol. The van der Waals surface area contributed by atoms with Gasteiger partial charge in [-0.05, 0) is 5.92 Å². The Hall–Kier alpha value is 0.250. The Morgan fingerprint density at radius 1 is 1.83 bits per heavy atom. The zero-order chi connectivity index (χ0) is 4.99. The minimum Gasteiger partial charge on any atom is -0.236 e. The van der Waals surface area contributed by atoms with Gasteiger partial charge >= 0.3 is 0 Å². The molecular formula is C4H8ClO. The van der Waals surface area contributed by atoms with Crippen molar-refractivity contribution < 1.29 is 5.11 Å². The zero-order valence-electron chi connectivity index (χ0n) is 3.78. The molecule has 0 N–H and O–H groups in total. The molecule has 0 aromatic heterocycles. The van der Waals surface area contributed by atoms with Gasteiger partial charge in [-0.3, -0.25) is 0 Å². The predicted octanol–water partition coefficient (Wildman–Crippen LogP) is 1.29. The Kier molecular flexibility index (Phi) is 3.58. The first-order valence-corrected chi connectivity index (χ1v) is 2.48. The van der Waals surface area contributed by atoms with E-state index >= 15 is 0 Å². The number of halogens is 1. The summed E-state index contributed by atoms with van der Waals surface area (Å²) in [6.45, 7) is 1.78. The molecule has 0 spiro atoms. The maximum absolute atomic E-state index is 9.78. The average molecular weight is 108 g/mol. The van der Waals surface area contributed by atoms with E-state index in [9.17, 15) is 5.11 Å². The predicted molar refractivity (Wildman–Crippen MR) is 25.4 cm³/mol. The minimum absolute atomic E-state index is 0.0521. The van der Waals surface area contributed by atoms with E-state index in [0.29, 0.717) is 5.88 Å². The van der Waals surface area contributed by atoms with Crippen LogP contribution in [0.25, 0.3) is 0 Å². The highest BCUT2D eigenvalue weighted by Gasteiger charge is 1.93. The van der Waals surface area contributed by atoms with Gasteiger partial charge in [0.05, 0.1) is 6.61 Å². The third kappa shape index (κ3) is 2.49. The second kappa shape index (κ2) is 3.44. The summed E-state index contributed by atoms with van der Waals surface area (Å²) in [4.78, 5) is 0. The van der Waals surface area contributed by atoms with Gasteiger partial charge < -0.3 is 0 Å². The second-order valence-corrected chi connectivity index (χ2v) is 1.73. The molecule has 0 aliphatic rings. The molecule has 0 aromatic rings. The summed E-state index contributed by atoms with van der Waals surface area (Å²) in [5.74, 6) is 0.635. The van der Waals surface area contributed by atoms with Crippen molar-refractivity contribution in [2.24, 2.45) is 5.92 Å². The summed E-state index contributed by atoms with van der Waals surface area (Å²) < 4.78 is 0. The molecule has 1 atom stereocenters. The van der Waals surface area contributed by atoms with E-state index in [1.54, 1.807) is 0 Å². The number of rotatable bonds is 2. The fourth-order valence-electron chi connectivity index (χ4n) is 0.0445. The standard InChI is InChI=1S/C4H8ClO/c1-4(2-5)3-6/h4H,2-3H2,1H3. The molecule has 0 rings (SSSR count). The number of hydrogen-bond donors (Lipinski definition) is 0. The van der Waals surface area contributed by atoms with E-state index in [0.717, 1.165) is 0 Å². The fourth-order valence-corrected chi connectivity index (χ4v) is 0.134. The van der Waals surface area contributed by atoms with Crippen LogP contribution < -0.4 is 0 Å². The second-order valence-electron chi connectivity index (χ2n) is 1.43. The van der Waals surface area contributed by atoms with Crippen molar-refractivity contribution in [1.29, 1.82) is 0 Å². The molecule has 0 bridgehead atoms. The summed E-state index contributed by atoms with van der Waals surface area (Å²) in [5, 5.41) is 9.78. The molecule has 0 saturated carbocycles.